The molecule has 1 N–H and O–H groups in total. The number of carboxylic acid groups (broad SMARTS) is 1. The summed E-state index contributed by atoms with van der Waals surface area (Å²) in [5, 5.41) is 9.78. The van der Waals surface area contributed by atoms with Crippen LogP contribution in [0, 0.1) is 5.82 Å². The molecule has 0 saturated carbocycles. The Hall–Kier alpha value is -3.99. The highest BCUT2D eigenvalue weighted by Crippen LogP contribution is 2.44. The van der Waals surface area contributed by atoms with E-state index in [2.05, 4.69) is 14.4 Å². The van der Waals surface area contributed by atoms with Gasteiger partial charge in [-0.15, -0.1) is 0 Å². The molecule has 0 amide bonds. The molecule has 2 fully saturated rings. The van der Waals surface area contributed by atoms with E-state index in [0.29, 0.717) is 37.5 Å². The number of imidazole rings is 1. The van der Waals surface area contributed by atoms with Gasteiger partial charge in [-0.3, -0.25) is 4.90 Å². The highest BCUT2D eigenvalue weighted by atomic mass is 35.5. The predicted octanol–water partition coefficient (Wildman–Crippen LogP) is 6.08. The Kier molecular flexibility index (Phi) is 7.28. The molecule has 0 spiro atoms. The van der Waals surface area contributed by atoms with E-state index < -0.39 is 23.7 Å². The van der Waals surface area contributed by atoms with Gasteiger partial charge < -0.3 is 24.0 Å². The largest absolute Gasteiger partial charge is 0.478 e. The van der Waals surface area contributed by atoms with Crippen molar-refractivity contribution in [2.75, 3.05) is 37.7 Å². The topological polar surface area (TPSA) is 80.1 Å². The predicted molar refractivity (Wildman–Crippen MR) is 159 cm³/mol. The number of halogens is 3. The number of piperazine rings is 1. The van der Waals surface area contributed by atoms with Crippen LogP contribution in [-0.4, -0.2) is 64.4 Å². The van der Waals surface area contributed by atoms with Gasteiger partial charge in [-0.25, -0.2) is 18.6 Å². The Morgan fingerprint density at radius 1 is 1.07 bits per heavy atom. The fourth-order valence-electron chi connectivity index (χ4n) is 5.96. The minimum absolute atomic E-state index is 0.0883. The van der Waals surface area contributed by atoms with Crippen molar-refractivity contribution < 1.29 is 28.2 Å². The zero-order chi connectivity index (χ0) is 29.7. The molecule has 2 atom stereocenters. The molecule has 4 aromatic rings. The van der Waals surface area contributed by atoms with Gasteiger partial charge in [-0.2, -0.15) is 0 Å². The van der Waals surface area contributed by atoms with Crippen molar-refractivity contribution in [2.24, 2.45) is 0 Å². The summed E-state index contributed by atoms with van der Waals surface area (Å²) in [5.41, 5.74) is 3.10. The van der Waals surface area contributed by atoms with Crippen molar-refractivity contribution in [2.45, 2.75) is 31.7 Å². The number of benzene rings is 3. The van der Waals surface area contributed by atoms with E-state index >= 15 is 4.39 Å². The summed E-state index contributed by atoms with van der Waals surface area (Å²) in [7, 11) is 0. The average Bonchev–Trinajstić information content (AvgIpc) is 3.31. The first-order chi connectivity index (χ1) is 20.8. The molecule has 4 heterocycles. The van der Waals surface area contributed by atoms with Crippen LogP contribution in [-0.2, 0) is 17.8 Å². The van der Waals surface area contributed by atoms with E-state index in [0.717, 1.165) is 48.7 Å². The smallest absolute Gasteiger partial charge is 0.335 e. The first-order valence-electron chi connectivity index (χ1n) is 14.3. The maximum absolute atomic E-state index is 15.2. The molecule has 43 heavy (non-hydrogen) atoms. The Morgan fingerprint density at radius 3 is 2.60 bits per heavy atom. The summed E-state index contributed by atoms with van der Waals surface area (Å²) in [4.78, 5) is 20.9. The first kappa shape index (κ1) is 27.8. The average molecular weight is 607 g/mol. The highest BCUT2D eigenvalue weighted by molar-refractivity contribution is 6.30. The normalized spacial score (nSPS) is 20.3. The molecule has 7 rings (SSSR count). The summed E-state index contributed by atoms with van der Waals surface area (Å²) in [6, 6.07) is 14.7. The van der Waals surface area contributed by atoms with Gasteiger partial charge in [0.25, 0.3) is 0 Å². The SMILES string of the molecule is O=C(O)c1ccc2nc(CN3CCN(c4cccc5c4O[C@H](c4ccc(Cl)cc4F)C=C5F)CC3)n(CC3CCO3)c2c1. The number of rotatable bonds is 7. The zero-order valence-electron chi connectivity index (χ0n) is 23.2. The Morgan fingerprint density at radius 2 is 1.88 bits per heavy atom. The van der Waals surface area contributed by atoms with Crippen LogP contribution in [0.2, 0.25) is 5.02 Å². The van der Waals surface area contributed by atoms with Crippen LogP contribution < -0.4 is 9.64 Å². The van der Waals surface area contributed by atoms with Crippen LogP contribution in [0.1, 0.15) is 39.8 Å². The Labute approximate surface area is 251 Å². The molecule has 3 aliphatic rings. The third-order valence-corrected chi connectivity index (χ3v) is 8.63. The van der Waals surface area contributed by atoms with E-state index in [1.165, 1.54) is 18.2 Å². The molecular formula is C32H29ClF2N4O4. The fourth-order valence-corrected chi connectivity index (χ4v) is 6.12. The van der Waals surface area contributed by atoms with Crippen LogP contribution in [0.3, 0.4) is 0 Å². The highest BCUT2D eigenvalue weighted by Gasteiger charge is 2.30. The molecule has 1 aromatic heterocycles. The number of hydrogen-bond acceptors (Lipinski definition) is 6. The standard InChI is InChI=1S/C32H29ClF2N4O4/c33-20-5-6-22(24(34)15-20)29-16-25(35)23-2-1-3-27(31(23)43-29)38-11-9-37(10-12-38)18-30-36-26-7-4-19(32(40)41)14-28(26)39(30)17-21-8-13-42-21/h1-7,14-16,21,29H,8-13,17-18H2,(H,40,41)/t21?,29-/m0/s1. The van der Waals surface area contributed by atoms with Gasteiger partial charge in [-0.1, -0.05) is 23.7 Å². The molecule has 11 heteroatoms. The second-order valence-corrected chi connectivity index (χ2v) is 11.5. The van der Waals surface area contributed by atoms with Gasteiger partial charge in [0.2, 0.25) is 0 Å². The van der Waals surface area contributed by atoms with Crippen LogP contribution in [0.4, 0.5) is 14.5 Å². The number of fused-ring (bicyclic) bond motifs is 2. The first-order valence-corrected chi connectivity index (χ1v) is 14.7. The molecular weight excluding hydrogens is 578 g/mol. The summed E-state index contributed by atoms with van der Waals surface area (Å²) < 4.78 is 43.9. The number of nitrogens with zero attached hydrogens (tertiary/aromatic N) is 4. The molecule has 1 unspecified atom stereocenters. The van der Waals surface area contributed by atoms with Crippen molar-refractivity contribution >= 4 is 40.1 Å². The van der Waals surface area contributed by atoms with Gasteiger partial charge in [0.05, 0.1) is 47.0 Å². The lowest BCUT2D eigenvalue weighted by Crippen LogP contribution is -2.46. The van der Waals surface area contributed by atoms with Gasteiger partial charge in [0.15, 0.2) is 5.75 Å². The van der Waals surface area contributed by atoms with Crippen molar-refractivity contribution in [1.29, 1.82) is 0 Å². The number of aromatic carboxylic acids is 1. The van der Waals surface area contributed by atoms with Gasteiger partial charge in [0.1, 0.15) is 23.6 Å². The van der Waals surface area contributed by atoms with Gasteiger partial charge in [0, 0.05) is 43.4 Å². The van der Waals surface area contributed by atoms with E-state index in [1.807, 2.05) is 6.07 Å². The number of carbonyl (C=O) groups is 1. The number of carboxylic acids is 1. The molecule has 2 saturated heterocycles. The number of ether oxygens (including phenoxy) is 2. The lowest BCUT2D eigenvalue weighted by molar-refractivity contribution is -0.0592. The third-order valence-electron chi connectivity index (χ3n) is 8.39. The summed E-state index contributed by atoms with van der Waals surface area (Å²) in [5.74, 6) is -0.722. The van der Waals surface area contributed by atoms with E-state index in [4.69, 9.17) is 26.1 Å². The van der Waals surface area contributed by atoms with Crippen LogP contribution >= 0.6 is 11.6 Å². The third kappa shape index (κ3) is 5.35. The van der Waals surface area contributed by atoms with Crippen molar-refractivity contribution in [3.8, 4) is 5.75 Å². The minimum atomic E-state index is -0.973. The number of aromatic nitrogens is 2. The van der Waals surface area contributed by atoms with Crippen molar-refractivity contribution in [3.05, 3.63) is 94.0 Å². The number of para-hydroxylation sites is 1. The second-order valence-electron chi connectivity index (χ2n) is 11.1. The molecule has 222 valence electrons. The molecule has 0 aliphatic carbocycles. The molecule has 8 nitrogen and oxygen atoms in total. The minimum Gasteiger partial charge on any atom is -0.478 e. The number of hydrogen-bond donors (Lipinski definition) is 1. The summed E-state index contributed by atoms with van der Waals surface area (Å²) >= 11 is 5.92. The molecule has 3 aromatic carbocycles. The quantitative estimate of drug-likeness (QED) is 0.273. The molecule has 0 bridgehead atoms. The Balaban J connectivity index is 1.10. The fraction of sp³-hybridized carbons (Fsp3) is 0.312. The van der Waals surface area contributed by atoms with Crippen LogP contribution in [0.5, 0.6) is 5.75 Å². The van der Waals surface area contributed by atoms with Gasteiger partial charge in [-0.05, 0) is 55.0 Å². The summed E-state index contributed by atoms with van der Waals surface area (Å²) in [6.07, 6.45) is 1.42. The van der Waals surface area contributed by atoms with Gasteiger partial charge >= 0.3 is 5.97 Å². The zero-order valence-corrected chi connectivity index (χ0v) is 23.9. The Bertz CT molecular complexity index is 1750. The lowest BCUT2D eigenvalue weighted by Gasteiger charge is -2.38. The number of anilines is 1. The van der Waals surface area contributed by atoms with E-state index in [9.17, 15) is 14.3 Å². The van der Waals surface area contributed by atoms with Crippen LogP contribution in [0.15, 0.2) is 60.7 Å². The van der Waals surface area contributed by atoms with E-state index in [1.54, 1.807) is 36.4 Å². The monoisotopic (exact) mass is 606 g/mol. The second kappa shape index (κ2) is 11.3. The molecule has 0 radical (unpaired) electrons. The van der Waals surface area contributed by atoms with Crippen LogP contribution in [0.25, 0.3) is 16.9 Å². The summed E-state index contributed by atoms with van der Waals surface area (Å²) in [6.45, 7) is 4.73. The van der Waals surface area contributed by atoms with E-state index in [-0.39, 0.29) is 22.3 Å². The van der Waals surface area contributed by atoms with Crippen molar-refractivity contribution in [1.82, 2.24) is 14.5 Å². The maximum Gasteiger partial charge on any atom is 0.335 e. The lowest BCUT2D eigenvalue weighted by atomic mass is 10.0. The maximum atomic E-state index is 15.2. The van der Waals surface area contributed by atoms with Crippen molar-refractivity contribution in [3.63, 3.8) is 0 Å². The molecule has 3 aliphatic heterocycles.